The summed E-state index contributed by atoms with van der Waals surface area (Å²) in [6.07, 6.45) is -7.69. The van der Waals surface area contributed by atoms with E-state index in [1.807, 2.05) is 5.32 Å². The molecule has 0 aliphatic heterocycles. The summed E-state index contributed by atoms with van der Waals surface area (Å²) in [6, 6.07) is -1.64. The van der Waals surface area contributed by atoms with E-state index in [0.29, 0.717) is 12.8 Å². The molecule has 1 rings (SSSR count). The number of amides is 2. The van der Waals surface area contributed by atoms with Crippen molar-refractivity contribution in [1.82, 2.24) is 5.32 Å². The minimum atomic E-state index is -4.90. The third-order valence-electron chi connectivity index (χ3n) is 2.98. The van der Waals surface area contributed by atoms with Crippen LogP contribution in [0.1, 0.15) is 25.7 Å². The molecule has 0 radical (unpaired) electrons. The molecule has 1 fully saturated rings. The van der Waals surface area contributed by atoms with Gasteiger partial charge in [-0.2, -0.15) is 13.2 Å². The lowest BCUT2D eigenvalue weighted by Crippen LogP contribution is -2.54. The van der Waals surface area contributed by atoms with Crippen LogP contribution >= 0.6 is 0 Å². The maximum Gasteiger partial charge on any atom is 0.416 e. The van der Waals surface area contributed by atoms with Crippen LogP contribution in [0, 0.1) is 0 Å². The van der Waals surface area contributed by atoms with E-state index in [1.165, 1.54) is 0 Å². The second-order valence-electron chi connectivity index (χ2n) is 4.73. The van der Waals surface area contributed by atoms with Gasteiger partial charge in [0.05, 0.1) is 11.6 Å². The van der Waals surface area contributed by atoms with Gasteiger partial charge < -0.3 is 21.9 Å². The third-order valence-corrected chi connectivity index (χ3v) is 2.98. The van der Waals surface area contributed by atoms with Gasteiger partial charge in [-0.1, -0.05) is 0 Å². The standard InChI is InChI=1S/C10H16F3N3O3/c11-10(12,13)7(18)5(1-2-6(14)17)16-8(19)9(15)3-4-9/h5,7,18H,1-4,15H2,(H2,14,17)(H,16,19). The number of aliphatic hydroxyl groups is 1. The van der Waals surface area contributed by atoms with Gasteiger partial charge in [-0.3, -0.25) is 9.59 Å². The van der Waals surface area contributed by atoms with Gasteiger partial charge in [0.15, 0.2) is 6.10 Å². The number of primary amides is 1. The van der Waals surface area contributed by atoms with Crippen LogP contribution in [0.2, 0.25) is 0 Å². The van der Waals surface area contributed by atoms with Gasteiger partial charge in [0, 0.05) is 6.42 Å². The summed E-state index contributed by atoms with van der Waals surface area (Å²) in [5.74, 6) is -1.58. The fourth-order valence-corrected chi connectivity index (χ4v) is 1.51. The van der Waals surface area contributed by atoms with Gasteiger partial charge in [0.2, 0.25) is 11.8 Å². The number of nitrogens with one attached hydrogen (secondary N) is 1. The second-order valence-corrected chi connectivity index (χ2v) is 4.73. The first kappa shape index (κ1) is 15.7. The van der Waals surface area contributed by atoms with Crippen LogP contribution in [0.3, 0.4) is 0 Å². The average Bonchev–Trinajstić information content (AvgIpc) is 3.01. The number of aliphatic hydroxyl groups excluding tert-OH is 1. The monoisotopic (exact) mass is 283 g/mol. The van der Waals surface area contributed by atoms with E-state index in [9.17, 15) is 22.8 Å². The zero-order chi connectivity index (χ0) is 14.8. The highest BCUT2D eigenvalue weighted by Crippen LogP contribution is 2.33. The zero-order valence-electron chi connectivity index (χ0n) is 10.0. The van der Waals surface area contributed by atoms with Crippen molar-refractivity contribution >= 4 is 11.8 Å². The molecule has 6 N–H and O–H groups in total. The van der Waals surface area contributed by atoms with Gasteiger partial charge in [-0.05, 0) is 19.3 Å². The van der Waals surface area contributed by atoms with Crippen molar-refractivity contribution in [2.75, 3.05) is 0 Å². The first-order valence-corrected chi connectivity index (χ1v) is 5.69. The van der Waals surface area contributed by atoms with Crippen LogP contribution in [0.5, 0.6) is 0 Å². The summed E-state index contributed by atoms with van der Waals surface area (Å²) in [5, 5.41) is 11.2. The number of halogens is 3. The molecule has 0 aromatic carbocycles. The van der Waals surface area contributed by atoms with Crippen LogP contribution in [0.15, 0.2) is 0 Å². The molecule has 0 bridgehead atoms. The summed E-state index contributed by atoms with van der Waals surface area (Å²) in [7, 11) is 0. The highest BCUT2D eigenvalue weighted by Gasteiger charge is 2.49. The van der Waals surface area contributed by atoms with Crippen LogP contribution in [0.25, 0.3) is 0 Å². The largest absolute Gasteiger partial charge is 0.416 e. The molecular weight excluding hydrogens is 267 g/mol. The molecule has 110 valence electrons. The summed E-state index contributed by atoms with van der Waals surface area (Å²) < 4.78 is 37.3. The Balaban J connectivity index is 2.68. The average molecular weight is 283 g/mol. The first-order chi connectivity index (χ1) is 8.56. The van der Waals surface area contributed by atoms with Crippen molar-refractivity contribution in [3.63, 3.8) is 0 Å². The Morgan fingerprint density at radius 3 is 2.26 bits per heavy atom. The Bertz CT molecular complexity index is 369. The molecule has 1 saturated carbocycles. The molecule has 6 nitrogen and oxygen atoms in total. The van der Waals surface area contributed by atoms with E-state index in [4.69, 9.17) is 16.6 Å². The Morgan fingerprint density at radius 2 is 1.89 bits per heavy atom. The van der Waals surface area contributed by atoms with Crippen molar-refractivity contribution in [2.24, 2.45) is 11.5 Å². The van der Waals surface area contributed by atoms with Crippen molar-refractivity contribution in [3.8, 4) is 0 Å². The number of rotatable bonds is 6. The van der Waals surface area contributed by atoms with E-state index in [0.717, 1.165) is 0 Å². The van der Waals surface area contributed by atoms with E-state index < -0.39 is 42.1 Å². The molecule has 2 unspecified atom stereocenters. The molecule has 19 heavy (non-hydrogen) atoms. The summed E-state index contributed by atoms with van der Waals surface area (Å²) in [4.78, 5) is 22.2. The molecule has 0 aromatic heterocycles. The van der Waals surface area contributed by atoms with E-state index in [2.05, 4.69) is 0 Å². The molecule has 0 aromatic rings. The second kappa shape index (κ2) is 5.33. The maximum atomic E-state index is 12.4. The predicted molar refractivity (Wildman–Crippen MR) is 58.6 cm³/mol. The Labute approximate surface area is 107 Å². The molecule has 2 atom stereocenters. The molecule has 0 saturated heterocycles. The topological polar surface area (TPSA) is 118 Å². The van der Waals surface area contributed by atoms with Crippen molar-refractivity contribution < 1.29 is 27.9 Å². The minimum Gasteiger partial charge on any atom is -0.382 e. The summed E-state index contributed by atoms with van der Waals surface area (Å²) >= 11 is 0. The molecule has 1 aliphatic rings. The number of nitrogens with two attached hydrogens (primary N) is 2. The highest BCUT2D eigenvalue weighted by molar-refractivity contribution is 5.89. The Kier molecular flexibility index (Phi) is 4.41. The van der Waals surface area contributed by atoms with E-state index in [1.54, 1.807) is 0 Å². The SMILES string of the molecule is NC(=O)CCC(NC(=O)C1(N)CC1)C(O)C(F)(F)F. The van der Waals surface area contributed by atoms with Crippen LogP contribution in [-0.2, 0) is 9.59 Å². The lowest BCUT2D eigenvalue weighted by Gasteiger charge is -2.26. The van der Waals surface area contributed by atoms with Crippen LogP contribution in [0.4, 0.5) is 13.2 Å². The number of carbonyl (C=O) groups excluding carboxylic acids is 2. The van der Waals surface area contributed by atoms with Crippen LogP contribution < -0.4 is 16.8 Å². The van der Waals surface area contributed by atoms with Gasteiger partial charge in [0.25, 0.3) is 0 Å². The molecule has 0 spiro atoms. The van der Waals surface area contributed by atoms with Crippen molar-refractivity contribution in [2.45, 2.75) is 49.5 Å². The number of hydrogen-bond donors (Lipinski definition) is 4. The van der Waals surface area contributed by atoms with Gasteiger partial charge >= 0.3 is 6.18 Å². The van der Waals surface area contributed by atoms with Gasteiger partial charge in [-0.15, -0.1) is 0 Å². The predicted octanol–water partition coefficient (Wildman–Crippen LogP) is -0.849. The number of hydrogen-bond acceptors (Lipinski definition) is 4. The fraction of sp³-hybridized carbons (Fsp3) is 0.800. The Hall–Kier alpha value is -1.35. The van der Waals surface area contributed by atoms with Gasteiger partial charge in [0.1, 0.15) is 0 Å². The summed E-state index contributed by atoms with van der Waals surface area (Å²) in [5.41, 5.74) is 9.22. The quantitative estimate of drug-likeness (QED) is 0.507. The normalized spacial score (nSPS) is 20.5. The highest BCUT2D eigenvalue weighted by atomic mass is 19.4. The van der Waals surface area contributed by atoms with Gasteiger partial charge in [-0.25, -0.2) is 0 Å². The molecular formula is C10H16F3N3O3. The fourth-order valence-electron chi connectivity index (χ4n) is 1.51. The first-order valence-electron chi connectivity index (χ1n) is 5.69. The van der Waals surface area contributed by atoms with Crippen molar-refractivity contribution in [1.29, 1.82) is 0 Å². The molecule has 2 amide bonds. The van der Waals surface area contributed by atoms with Crippen LogP contribution in [-0.4, -0.2) is 40.8 Å². The van der Waals surface area contributed by atoms with E-state index in [-0.39, 0.29) is 6.42 Å². The minimum absolute atomic E-state index is 0.378. The third kappa shape index (κ3) is 4.35. The lowest BCUT2D eigenvalue weighted by atomic mass is 10.0. The molecule has 9 heteroatoms. The van der Waals surface area contributed by atoms with Crippen molar-refractivity contribution in [3.05, 3.63) is 0 Å². The molecule has 1 aliphatic carbocycles. The maximum absolute atomic E-state index is 12.4. The number of alkyl halides is 3. The number of carbonyl (C=O) groups is 2. The lowest BCUT2D eigenvalue weighted by molar-refractivity contribution is -0.212. The zero-order valence-corrected chi connectivity index (χ0v) is 10.0. The summed E-state index contributed by atoms with van der Waals surface area (Å²) in [6.45, 7) is 0. The Morgan fingerprint density at radius 1 is 1.37 bits per heavy atom. The smallest absolute Gasteiger partial charge is 0.382 e. The van der Waals surface area contributed by atoms with E-state index >= 15 is 0 Å². The molecule has 0 heterocycles.